The summed E-state index contributed by atoms with van der Waals surface area (Å²) in [6.45, 7) is 3.73. The molecule has 0 unspecified atom stereocenters. The van der Waals surface area contributed by atoms with E-state index >= 15 is 0 Å². The van der Waals surface area contributed by atoms with E-state index in [9.17, 15) is 18.0 Å². The third kappa shape index (κ3) is 8.97. The van der Waals surface area contributed by atoms with Crippen LogP contribution in [-0.2, 0) is 0 Å². The number of hydrogen-bond donors (Lipinski definition) is 2. The highest BCUT2D eigenvalue weighted by Crippen LogP contribution is 2.12. The lowest BCUT2D eigenvalue weighted by atomic mass is 10.1. The summed E-state index contributed by atoms with van der Waals surface area (Å²) in [5.41, 5.74) is -0.532. The Morgan fingerprint density at radius 3 is 2.00 bits per heavy atom. The van der Waals surface area contributed by atoms with Gasteiger partial charge in [-0.1, -0.05) is 0 Å². The first-order chi connectivity index (χ1) is 5.60. The van der Waals surface area contributed by atoms with Crippen LogP contribution in [-0.4, -0.2) is 24.3 Å². The number of rotatable bonds is 1. The maximum Gasteiger partial charge on any atom is 0.405 e. The van der Waals surface area contributed by atoms with Crippen LogP contribution >= 0.6 is 0 Å². The second-order valence-corrected chi connectivity index (χ2v) is 3.67. The molecular formula is C7H13F3N2O. The van der Waals surface area contributed by atoms with Crippen LogP contribution in [0.2, 0.25) is 0 Å². The van der Waals surface area contributed by atoms with Gasteiger partial charge in [-0.3, -0.25) is 0 Å². The number of urea groups is 1. The Morgan fingerprint density at radius 1 is 1.23 bits per heavy atom. The normalized spacial score (nSPS) is 12.5. The van der Waals surface area contributed by atoms with Crippen molar-refractivity contribution in [1.29, 1.82) is 0 Å². The summed E-state index contributed by atoms with van der Waals surface area (Å²) in [4.78, 5) is 10.8. The summed E-state index contributed by atoms with van der Waals surface area (Å²) < 4.78 is 34.8. The third-order valence-electron chi connectivity index (χ3n) is 0.938. The van der Waals surface area contributed by atoms with Crippen LogP contribution in [0, 0.1) is 0 Å². The predicted molar refractivity (Wildman–Crippen MR) is 42.3 cm³/mol. The van der Waals surface area contributed by atoms with E-state index in [0.29, 0.717) is 0 Å². The topological polar surface area (TPSA) is 41.1 Å². The fourth-order valence-electron chi connectivity index (χ4n) is 0.565. The molecule has 0 aromatic carbocycles. The van der Waals surface area contributed by atoms with E-state index in [1.54, 1.807) is 26.1 Å². The van der Waals surface area contributed by atoms with E-state index in [2.05, 4.69) is 5.32 Å². The molecule has 0 aromatic heterocycles. The van der Waals surface area contributed by atoms with E-state index in [-0.39, 0.29) is 0 Å². The van der Waals surface area contributed by atoms with E-state index in [1.807, 2.05) is 0 Å². The summed E-state index contributed by atoms with van der Waals surface area (Å²) >= 11 is 0. The molecule has 0 aliphatic carbocycles. The second kappa shape index (κ2) is 3.85. The van der Waals surface area contributed by atoms with Gasteiger partial charge in [-0.25, -0.2) is 4.79 Å². The van der Waals surface area contributed by atoms with Gasteiger partial charge in [0.1, 0.15) is 6.54 Å². The van der Waals surface area contributed by atoms with Gasteiger partial charge in [-0.05, 0) is 20.8 Å². The quantitative estimate of drug-likeness (QED) is 0.660. The van der Waals surface area contributed by atoms with Crippen molar-refractivity contribution in [2.45, 2.75) is 32.5 Å². The highest BCUT2D eigenvalue weighted by Gasteiger charge is 2.28. The number of carbonyl (C=O) groups is 1. The number of carbonyl (C=O) groups excluding carboxylic acids is 1. The Labute approximate surface area is 74.7 Å². The van der Waals surface area contributed by atoms with Crippen LogP contribution in [0.4, 0.5) is 18.0 Å². The first-order valence-corrected chi connectivity index (χ1v) is 3.73. The summed E-state index contributed by atoms with van der Waals surface area (Å²) in [6.07, 6.45) is -4.37. The molecule has 0 aliphatic heterocycles. The van der Waals surface area contributed by atoms with E-state index < -0.39 is 24.3 Å². The summed E-state index contributed by atoms with van der Waals surface area (Å²) in [5, 5.41) is 4.05. The lowest BCUT2D eigenvalue weighted by Crippen LogP contribution is -2.48. The molecule has 0 saturated carbocycles. The number of nitrogens with one attached hydrogen (secondary N) is 2. The maximum atomic E-state index is 11.6. The van der Waals surface area contributed by atoms with Crippen molar-refractivity contribution in [3.05, 3.63) is 0 Å². The molecule has 0 aromatic rings. The highest BCUT2D eigenvalue weighted by molar-refractivity contribution is 5.74. The van der Waals surface area contributed by atoms with E-state index in [1.165, 1.54) is 0 Å². The molecule has 0 rings (SSSR count). The van der Waals surface area contributed by atoms with Crippen molar-refractivity contribution >= 4 is 6.03 Å². The molecule has 6 heteroatoms. The Morgan fingerprint density at radius 2 is 1.69 bits per heavy atom. The van der Waals surface area contributed by atoms with Crippen molar-refractivity contribution < 1.29 is 18.0 Å². The van der Waals surface area contributed by atoms with Crippen molar-refractivity contribution in [3.63, 3.8) is 0 Å². The van der Waals surface area contributed by atoms with Crippen molar-refractivity contribution in [2.24, 2.45) is 0 Å². The van der Waals surface area contributed by atoms with Crippen LogP contribution in [0.1, 0.15) is 20.8 Å². The Hall–Kier alpha value is -0.940. The minimum atomic E-state index is -4.37. The van der Waals surface area contributed by atoms with E-state index in [0.717, 1.165) is 0 Å². The van der Waals surface area contributed by atoms with Crippen molar-refractivity contribution in [2.75, 3.05) is 6.54 Å². The fourth-order valence-corrected chi connectivity index (χ4v) is 0.565. The van der Waals surface area contributed by atoms with Crippen LogP contribution in [0.3, 0.4) is 0 Å². The lowest BCUT2D eigenvalue weighted by Gasteiger charge is -2.21. The Balaban J connectivity index is 3.78. The predicted octanol–water partition coefficient (Wildman–Crippen LogP) is 1.65. The largest absolute Gasteiger partial charge is 0.405 e. The average Bonchev–Trinajstić information content (AvgIpc) is 1.78. The SMILES string of the molecule is CC(C)(C)NC(=O)NCC(F)(F)F. The van der Waals surface area contributed by atoms with Crippen LogP contribution in [0.5, 0.6) is 0 Å². The number of alkyl halides is 3. The molecule has 2 N–H and O–H groups in total. The van der Waals surface area contributed by atoms with Gasteiger partial charge < -0.3 is 10.6 Å². The molecule has 0 aliphatic rings. The van der Waals surface area contributed by atoms with Crippen molar-refractivity contribution in [3.8, 4) is 0 Å². The lowest BCUT2D eigenvalue weighted by molar-refractivity contribution is -0.122. The second-order valence-electron chi connectivity index (χ2n) is 3.67. The first kappa shape index (κ1) is 12.1. The first-order valence-electron chi connectivity index (χ1n) is 3.73. The van der Waals surface area contributed by atoms with E-state index in [4.69, 9.17) is 0 Å². The number of halogens is 3. The van der Waals surface area contributed by atoms with Crippen LogP contribution < -0.4 is 10.6 Å². The summed E-state index contributed by atoms with van der Waals surface area (Å²) in [7, 11) is 0. The Bertz CT molecular complexity index is 183. The number of hydrogen-bond acceptors (Lipinski definition) is 1. The van der Waals surface area contributed by atoms with Gasteiger partial charge in [0, 0.05) is 5.54 Å². The van der Waals surface area contributed by atoms with Gasteiger partial charge in [0.15, 0.2) is 0 Å². The molecular weight excluding hydrogens is 185 g/mol. The van der Waals surface area contributed by atoms with Gasteiger partial charge >= 0.3 is 12.2 Å². The summed E-state index contributed by atoms with van der Waals surface area (Å²) in [5.74, 6) is 0. The molecule has 0 atom stereocenters. The standard InChI is InChI=1S/C7H13F3N2O/c1-6(2,3)12-5(13)11-4-7(8,9)10/h4H2,1-3H3,(H2,11,12,13). The van der Waals surface area contributed by atoms with Gasteiger partial charge in [0.25, 0.3) is 0 Å². The van der Waals surface area contributed by atoms with Gasteiger partial charge in [-0.2, -0.15) is 13.2 Å². The molecule has 0 spiro atoms. The molecule has 0 saturated heterocycles. The molecule has 78 valence electrons. The maximum absolute atomic E-state index is 11.6. The molecule has 13 heavy (non-hydrogen) atoms. The smallest absolute Gasteiger partial charge is 0.334 e. The van der Waals surface area contributed by atoms with Crippen LogP contribution in [0.15, 0.2) is 0 Å². The Kier molecular flexibility index (Phi) is 3.57. The minimum absolute atomic E-state index is 0.532. The molecule has 0 fully saturated rings. The monoisotopic (exact) mass is 198 g/mol. The zero-order chi connectivity index (χ0) is 10.7. The molecule has 3 nitrogen and oxygen atoms in total. The van der Waals surface area contributed by atoms with Crippen molar-refractivity contribution in [1.82, 2.24) is 10.6 Å². The minimum Gasteiger partial charge on any atom is -0.334 e. The van der Waals surface area contributed by atoms with Gasteiger partial charge in [0.2, 0.25) is 0 Å². The zero-order valence-corrected chi connectivity index (χ0v) is 7.75. The van der Waals surface area contributed by atoms with Gasteiger partial charge in [-0.15, -0.1) is 0 Å². The van der Waals surface area contributed by atoms with Gasteiger partial charge in [0.05, 0.1) is 0 Å². The molecule has 0 radical (unpaired) electrons. The molecule has 0 heterocycles. The fraction of sp³-hybridized carbons (Fsp3) is 0.857. The highest BCUT2D eigenvalue weighted by atomic mass is 19.4. The zero-order valence-electron chi connectivity index (χ0n) is 7.75. The molecule has 2 amide bonds. The third-order valence-corrected chi connectivity index (χ3v) is 0.938. The van der Waals surface area contributed by atoms with Crippen LogP contribution in [0.25, 0.3) is 0 Å². The average molecular weight is 198 g/mol. The molecule has 0 bridgehead atoms. The summed E-state index contributed by atoms with van der Waals surface area (Å²) in [6, 6.07) is -0.815. The number of amides is 2.